The third-order valence-corrected chi connectivity index (χ3v) is 3.13. The Bertz CT molecular complexity index is 525. The van der Waals surface area contributed by atoms with E-state index in [9.17, 15) is 14.4 Å². The second-order valence-corrected chi connectivity index (χ2v) is 4.91. The molecule has 100 valence electrons. The number of imide groups is 2. The Hall–Kier alpha value is -2.24. The minimum atomic E-state index is -1.21. The molecule has 19 heavy (non-hydrogen) atoms. The van der Waals surface area contributed by atoms with Gasteiger partial charge in [0.15, 0.2) is 0 Å². The topological polar surface area (TPSA) is 79.4 Å². The summed E-state index contributed by atoms with van der Waals surface area (Å²) in [6.07, 6.45) is 2.12. The molecule has 4 amide bonds. The molecule has 0 unspecified atom stereocenters. The summed E-state index contributed by atoms with van der Waals surface area (Å²) in [6.45, 7) is 3.22. The largest absolute Gasteiger partial charge is 0.330 e. The van der Waals surface area contributed by atoms with Gasteiger partial charge in [0.05, 0.1) is 0 Å². The maximum Gasteiger partial charge on any atom is 0.330 e. The molecule has 0 aliphatic carbocycles. The molecule has 0 saturated carbocycles. The van der Waals surface area contributed by atoms with Gasteiger partial charge in [-0.1, -0.05) is 6.07 Å². The molecular formula is C13H15N3O3. The van der Waals surface area contributed by atoms with Crippen molar-refractivity contribution in [1.29, 1.82) is 0 Å². The number of nitrogens with one attached hydrogen (secondary N) is 1. The average molecular weight is 261 g/mol. The number of aromatic nitrogens is 1. The monoisotopic (exact) mass is 261 g/mol. The van der Waals surface area contributed by atoms with E-state index in [-0.39, 0.29) is 6.54 Å². The summed E-state index contributed by atoms with van der Waals surface area (Å²) in [6, 6.07) is 4.80. The van der Waals surface area contributed by atoms with Gasteiger partial charge >= 0.3 is 6.03 Å². The van der Waals surface area contributed by atoms with Crippen molar-refractivity contribution in [2.75, 3.05) is 6.54 Å². The van der Waals surface area contributed by atoms with Crippen LogP contribution in [0.4, 0.5) is 4.79 Å². The Balaban J connectivity index is 2.09. The number of barbiturate groups is 1. The van der Waals surface area contributed by atoms with Crippen molar-refractivity contribution in [3.63, 3.8) is 0 Å². The highest BCUT2D eigenvalue weighted by Crippen LogP contribution is 2.23. The smallest absolute Gasteiger partial charge is 0.277 e. The lowest BCUT2D eigenvalue weighted by Crippen LogP contribution is -2.62. The normalized spacial score (nSPS) is 18.4. The molecule has 0 spiro atoms. The lowest BCUT2D eigenvalue weighted by Gasteiger charge is -2.34. The van der Waals surface area contributed by atoms with Crippen LogP contribution in [0.3, 0.4) is 0 Å². The van der Waals surface area contributed by atoms with Gasteiger partial charge in [-0.3, -0.25) is 24.8 Å². The number of carbonyl (C=O) groups is 3. The Morgan fingerprint density at radius 1 is 1.26 bits per heavy atom. The van der Waals surface area contributed by atoms with E-state index < -0.39 is 23.3 Å². The molecule has 1 N–H and O–H groups in total. The van der Waals surface area contributed by atoms with E-state index in [1.165, 1.54) is 13.8 Å². The minimum absolute atomic E-state index is 0.207. The lowest BCUT2D eigenvalue weighted by molar-refractivity contribution is -0.148. The molecule has 1 aromatic rings. The average Bonchev–Trinajstić information content (AvgIpc) is 2.38. The van der Waals surface area contributed by atoms with E-state index in [0.717, 1.165) is 10.6 Å². The Morgan fingerprint density at radius 3 is 2.63 bits per heavy atom. The first kappa shape index (κ1) is 13.2. The Kier molecular flexibility index (Phi) is 3.33. The second-order valence-electron chi connectivity index (χ2n) is 4.91. The van der Waals surface area contributed by atoms with Gasteiger partial charge < -0.3 is 0 Å². The van der Waals surface area contributed by atoms with Gasteiger partial charge in [-0.2, -0.15) is 0 Å². The van der Waals surface area contributed by atoms with Crippen LogP contribution in [0.5, 0.6) is 0 Å². The van der Waals surface area contributed by atoms with Crippen molar-refractivity contribution in [3.05, 3.63) is 30.1 Å². The third-order valence-electron chi connectivity index (χ3n) is 3.13. The Morgan fingerprint density at radius 2 is 2.00 bits per heavy atom. The second kappa shape index (κ2) is 4.79. The van der Waals surface area contributed by atoms with Crippen LogP contribution in [0.1, 0.15) is 19.5 Å². The zero-order valence-electron chi connectivity index (χ0n) is 10.8. The van der Waals surface area contributed by atoms with E-state index in [1.807, 2.05) is 12.1 Å². The zero-order chi connectivity index (χ0) is 14.0. The lowest BCUT2D eigenvalue weighted by atomic mass is 9.89. The van der Waals surface area contributed by atoms with Crippen molar-refractivity contribution in [2.45, 2.75) is 20.3 Å². The highest BCUT2D eigenvalue weighted by Gasteiger charge is 2.46. The van der Waals surface area contributed by atoms with Crippen LogP contribution >= 0.6 is 0 Å². The summed E-state index contributed by atoms with van der Waals surface area (Å²) in [5.74, 6) is -1.03. The van der Waals surface area contributed by atoms with Crippen molar-refractivity contribution in [3.8, 4) is 0 Å². The van der Waals surface area contributed by atoms with Crippen molar-refractivity contribution >= 4 is 17.8 Å². The molecule has 0 atom stereocenters. The molecule has 6 heteroatoms. The molecule has 2 heterocycles. The quantitative estimate of drug-likeness (QED) is 0.813. The third kappa shape index (κ3) is 2.47. The molecule has 0 radical (unpaired) electrons. The number of rotatable bonds is 3. The zero-order valence-corrected chi connectivity index (χ0v) is 10.8. The van der Waals surface area contributed by atoms with E-state index >= 15 is 0 Å². The fourth-order valence-electron chi connectivity index (χ4n) is 1.82. The molecule has 0 bridgehead atoms. The summed E-state index contributed by atoms with van der Waals surface area (Å²) in [5.41, 5.74) is -0.421. The number of carbonyl (C=O) groups excluding carboxylic acids is 3. The molecule has 0 aromatic carbocycles. The number of nitrogens with zero attached hydrogens (tertiary/aromatic N) is 2. The first-order valence-corrected chi connectivity index (χ1v) is 6.00. The fraction of sp³-hybridized carbons (Fsp3) is 0.385. The van der Waals surface area contributed by atoms with Crippen LogP contribution < -0.4 is 5.32 Å². The minimum Gasteiger partial charge on any atom is -0.277 e. The van der Waals surface area contributed by atoms with Crippen molar-refractivity contribution in [2.24, 2.45) is 5.41 Å². The highest BCUT2D eigenvalue weighted by molar-refractivity contribution is 6.18. The molecule has 2 rings (SSSR count). The number of amides is 4. The number of hydrogen-bond acceptors (Lipinski definition) is 4. The summed E-state index contributed by atoms with van der Waals surface area (Å²) >= 11 is 0. The predicted octanol–water partition coefficient (Wildman–Crippen LogP) is 0.729. The first-order valence-electron chi connectivity index (χ1n) is 6.00. The SMILES string of the molecule is CC1(C)C(=O)NC(=O)N(CCc2ccccn2)C1=O. The standard InChI is InChI=1S/C13H15N3O3/c1-13(2)10(17)15-12(19)16(11(13)18)8-6-9-5-3-4-7-14-9/h3-5,7H,6,8H2,1-2H3,(H,15,17,19). The van der Waals surface area contributed by atoms with Gasteiger partial charge in [0, 0.05) is 24.9 Å². The van der Waals surface area contributed by atoms with E-state index in [1.54, 1.807) is 12.3 Å². The van der Waals surface area contributed by atoms with Crippen molar-refractivity contribution < 1.29 is 14.4 Å². The van der Waals surface area contributed by atoms with Gasteiger partial charge in [-0.25, -0.2) is 4.79 Å². The predicted molar refractivity (Wildman–Crippen MR) is 67.0 cm³/mol. The molecule has 1 aliphatic rings. The molecule has 1 fully saturated rings. The van der Waals surface area contributed by atoms with Gasteiger partial charge in [-0.15, -0.1) is 0 Å². The van der Waals surface area contributed by atoms with Gasteiger partial charge in [0.2, 0.25) is 11.8 Å². The van der Waals surface area contributed by atoms with Crippen LogP contribution in [0, 0.1) is 5.41 Å². The summed E-state index contributed by atoms with van der Waals surface area (Å²) in [7, 11) is 0. The maximum atomic E-state index is 12.1. The van der Waals surface area contributed by atoms with Crippen LogP contribution in [0.2, 0.25) is 0 Å². The van der Waals surface area contributed by atoms with Crippen LogP contribution in [-0.2, 0) is 16.0 Å². The summed E-state index contributed by atoms with van der Waals surface area (Å²) in [5, 5.41) is 2.19. The van der Waals surface area contributed by atoms with Gasteiger partial charge in [-0.05, 0) is 26.0 Å². The molecular weight excluding hydrogens is 246 g/mol. The van der Waals surface area contributed by atoms with E-state index in [4.69, 9.17) is 0 Å². The number of hydrogen-bond donors (Lipinski definition) is 1. The van der Waals surface area contributed by atoms with Gasteiger partial charge in [0.25, 0.3) is 0 Å². The maximum absolute atomic E-state index is 12.1. The number of urea groups is 1. The summed E-state index contributed by atoms with van der Waals surface area (Å²) < 4.78 is 0. The molecule has 1 aromatic heterocycles. The van der Waals surface area contributed by atoms with Crippen molar-refractivity contribution in [1.82, 2.24) is 15.2 Å². The molecule has 1 saturated heterocycles. The first-order chi connectivity index (χ1) is 8.93. The fourth-order valence-corrected chi connectivity index (χ4v) is 1.82. The van der Waals surface area contributed by atoms with Crippen LogP contribution in [0.15, 0.2) is 24.4 Å². The van der Waals surface area contributed by atoms with Crippen LogP contribution in [-0.4, -0.2) is 34.3 Å². The highest BCUT2D eigenvalue weighted by atomic mass is 16.2. The summed E-state index contributed by atoms with van der Waals surface area (Å²) in [4.78, 5) is 40.5. The van der Waals surface area contributed by atoms with Crippen LogP contribution in [0.25, 0.3) is 0 Å². The molecule has 6 nitrogen and oxygen atoms in total. The molecule has 1 aliphatic heterocycles. The van der Waals surface area contributed by atoms with Gasteiger partial charge in [0.1, 0.15) is 5.41 Å². The van der Waals surface area contributed by atoms with E-state index in [2.05, 4.69) is 10.3 Å². The number of pyridine rings is 1. The van der Waals surface area contributed by atoms with E-state index in [0.29, 0.717) is 6.42 Å². The Labute approximate surface area is 110 Å².